The molecule has 4 aromatic rings. The van der Waals surface area contributed by atoms with Crippen LogP contribution in [-0.2, 0) is 21.1 Å². The number of ether oxygens (including phenoxy) is 2. The van der Waals surface area contributed by atoms with Gasteiger partial charge in [-0.15, -0.1) is 0 Å². The predicted molar refractivity (Wildman–Crippen MR) is 119 cm³/mol. The summed E-state index contributed by atoms with van der Waals surface area (Å²) in [5, 5.41) is 4.57. The normalized spacial score (nSPS) is 26.4. The lowest BCUT2D eigenvalue weighted by atomic mass is 9.93. The van der Waals surface area contributed by atoms with E-state index < -0.39 is 23.4 Å². The number of fused-ring (bicyclic) bond motifs is 1. The van der Waals surface area contributed by atoms with Gasteiger partial charge in [-0.1, -0.05) is 36.4 Å². The summed E-state index contributed by atoms with van der Waals surface area (Å²) in [5.41, 5.74) is 8.36. The van der Waals surface area contributed by atoms with Gasteiger partial charge in [0, 0.05) is 28.9 Å². The van der Waals surface area contributed by atoms with Crippen molar-refractivity contribution in [3.8, 4) is 11.1 Å². The first-order valence-electron chi connectivity index (χ1n) is 11.0. The Morgan fingerprint density at radius 2 is 1.82 bits per heavy atom. The summed E-state index contributed by atoms with van der Waals surface area (Å²) < 4.78 is 53.0. The highest BCUT2D eigenvalue weighted by Gasteiger charge is 2.66. The SMILES string of the molecule is CC1OC(C2(c3ccnc4c(-c5ccc(C(F)(F)F)cc5N)cnn34)CC2c2ccccc2)O1. The molecule has 1 aliphatic heterocycles. The number of nitrogens with zero attached hydrogens (tertiary/aromatic N) is 3. The molecule has 0 bridgehead atoms. The Labute approximate surface area is 193 Å². The van der Waals surface area contributed by atoms with E-state index in [1.54, 1.807) is 16.9 Å². The first kappa shape index (κ1) is 21.1. The number of anilines is 1. The summed E-state index contributed by atoms with van der Waals surface area (Å²) in [6, 6.07) is 15.4. The lowest BCUT2D eigenvalue weighted by Gasteiger charge is -2.40. The molecule has 0 spiro atoms. The van der Waals surface area contributed by atoms with E-state index >= 15 is 0 Å². The van der Waals surface area contributed by atoms with Gasteiger partial charge >= 0.3 is 6.18 Å². The van der Waals surface area contributed by atoms with Crippen LogP contribution in [0.1, 0.15) is 36.1 Å². The van der Waals surface area contributed by atoms with Crippen molar-refractivity contribution in [3.05, 3.63) is 83.8 Å². The third-order valence-corrected chi connectivity index (χ3v) is 6.80. The Balaban J connectivity index is 1.46. The number of benzene rings is 2. The number of alkyl halides is 3. The average Bonchev–Trinajstić information content (AvgIpc) is 3.40. The molecule has 1 aliphatic carbocycles. The predicted octanol–water partition coefficient (Wildman–Crippen LogP) is 5.14. The lowest BCUT2D eigenvalue weighted by Crippen LogP contribution is -2.48. The van der Waals surface area contributed by atoms with Crippen LogP contribution in [0.3, 0.4) is 0 Å². The molecule has 2 atom stereocenters. The molecular formula is C25H21F3N4O2. The largest absolute Gasteiger partial charge is 0.416 e. The van der Waals surface area contributed by atoms with Crippen molar-refractivity contribution in [3.63, 3.8) is 0 Å². The molecule has 2 N–H and O–H groups in total. The second-order valence-electron chi connectivity index (χ2n) is 8.80. The molecule has 9 heteroatoms. The summed E-state index contributed by atoms with van der Waals surface area (Å²) in [6.07, 6.45) is -1.10. The van der Waals surface area contributed by atoms with Gasteiger partial charge < -0.3 is 15.2 Å². The number of halogens is 3. The number of nitrogen functional groups attached to an aromatic ring is 1. The number of rotatable bonds is 4. The maximum absolute atomic E-state index is 13.1. The fourth-order valence-corrected chi connectivity index (χ4v) is 5.06. The Kier molecular flexibility index (Phi) is 4.53. The Bertz CT molecular complexity index is 1380. The van der Waals surface area contributed by atoms with Gasteiger partial charge in [0.05, 0.1) is 22.9 Å². The summed E-state index contributed by atoms with van der Waals surface area (Å²) in [4.78, 5) is 4.49. The minimum absolute atomic E-state index is 0.0136. The molecule has 2 aliphatic rings. The molecule has 2 unspecified atom stereocenters. The molecule has 1 saturated heterocycles. The zero-order chi connectivity index (χ0) is 23.7. The van der Waals surface area contributed by atoms with E-state index in [2.05, 4.69) is 22.2 Å². The second kappa shape index (κ2) is 7.28. The van der Waals surface area contributed by atoms with Crippen molar-refractivity contribution < 1.29 is 22.6 Å². The third-order valence-electron chi connectivity index (χ3n) is 6.80. The van der Waals surface area contributed by atoms with Crippen LogP contribution in [0.25, 0.3) is 16.8 Å². The van der Waals surface area contributed by atoms with Crippen LogP contribution in [0.5, 0.6) is 0 Å². The van der Waals surface area contributed by atoms with Crippen LogP contribution in [-0.4, -0.2) is 27.2 Å². The molecule has 0 radical (unpaired) electrons. The molecule has 34 heavy (non-hydrogen) atoms. The van der Waals surface area contributed by atoms with Crippen LogP contribution < -0.4 is 5.73 Å². The van der Waals surface area contributed by atoms with Gasteiger partial charge in [-0.05, 0) is 37.1 Å². The Morgan fingerprint density at radius 3 is 2.50 bits per heavy atom. The summed E-state index contributed by atoms with van der Waals surface area (Å²) in [7, 11) is 0. The van der Waals surface area contributed by atoms with Crippen molar-refractivity contribution >= 4 is 11.3 Å². The lowest BCUT2D eigenvalue weighted by molar-refractivity contribution is -0.388. The van der Waals surface area contributed by atoms with Gasteiger partial charge in [-0.2, -0.15) is 18.3 Å². The highest BCUT2D eigenvalue weighted by Crippen LogP contribution is 2.65. The minimum atomic E-state index is -4.47. The standard InChI is InChI=1S/C25H21F3N4O2/c1-14-33-23(34-14)24(12-19(24)15-5-3-2-4-6-15)21-9-10-30-22-18(13-31-32(21)22)17-8-7-16(11-20(17)29)25(26,27)28/h2-11,13-14,19,23H,12,29H2,1H3. The van der Waals surface area contributed by atoms with Crippen LogP contribution in [0.2, 0.25) is 0 Å². The molecule has 6 rings (SSSR count). The molecule has 1 saturated carbocycles. The summed E-state index contributed by atoms with van der Waals surface area (Å²) in [5.74, 6) is 0.167. The van der Waals surface area contributed by atoms with E-state index in [-0.39, 0.29) is 17.9 Å². The van der Waals surface area contributed by atoms with Gasteiger partial charge in [0.15, 0.2) is 18.2 Å². The zero-order valence-electron chi connectivity index (χ0n) is 18.2. The van der Waals surface area contributed by atoms with Crippen molar-refractivity contribution in [1.82, 2.24) is 14.6 Å². The van der Waals surface area contributed by atoms with Gasteiger partial charge in [0.2, 0.25) is 0 Å². The van der Waals surface area contributed by atoms with E-state index in [0.717, 1.165) is 24.2 Å². The fraction of sp³-hybridized carbons (Fsp3) is 0.280. The van der Waals surface area contributed by atoms with Crippen LogP contribution in [0.4, 0.5) is 18.9 Å². The van der Waals surface area contributed by atoms with Crippen molar-refractivity contribution in [2.75, 3.05) is 5.73 Å². The molecule has 2 fully saturated rings. The van der Waals surface area contributed by atoms with E-state index in [0.29, 0.717) is 16.8 Å². The zero-order valence-corrected chi connectivity index (χ0v) is 18.2. The second-order valence-corrected chi connectivity index (χ2v) is 8.80. The maximum Gasteiger partial charge on any atom is 0.416 e. The smallest absolute Gasteiger partial charge is 0.398 e. The molecule has 0 amide bonds. The first-order chi connectivity index (χ1) is 16.3. The van der Waals surface area contributed by atoms with Crippen LogP contribution in [0.15, 0.2) is 67.0 Å². The van der Waals surface area contributed by atoms with E-state index in [1.807, 2.05) is 31.2 Å². The van der Waals surface area contributed by atoms with E-state index in [1.165, 1.54) is 11.6 Å². The van der Waals surface area contributed by atoms with Crippen molar-refractivity contribution in [1.29, 1.82) is 0 Å². The molecule has 6 nitrogen and oxygen atoms in total. The highest BCUT2D eigenvalue weighted by molar-refractivity contribution is 5.85. The first-order valence-corrected chi connectivity index (χ1v) is 11.0. The number of nitrogens with two attached hydrogens (primary N) is 1. The quantitative estimate of drug-likeness (QED) is 0.422. The molecule has 3 heterocycles. The maximum atomic E-state index is 13.1. The monoisotopic (exact) mass is 466 g/mol. The van der Waals surface area contributed by atoms with Gasteiger partial charge in [-0.25, -0.2) is 9.50 Å². The van der Waals surface area contributed by atoms with Crippen molar-refractivity contribution in [2.24, 2.45) is 0 Å². The van der Waals surface area contributed by atoms with E-state index in [9.17, 15) is 13.2 Å². The summed E-state index contributed by atoms with van der Waals surface area (Å²) in [6.45, 7) is 1.85. The van der Waals surface area contributed by atoms with E-state index in [4.69, 9.17) is 15.2 Å². The van der Waals surface area contributed by atoms with Crippen LogP contribution >= 0.6 is 0 Å². The average molecular weight is 466 g/mol. The van der Waals surface area contributed by atoms with Crippen LogP contribution in [0, 0.1) is 0 Å². The highest BCUT2D eigenvalue weighted by atomic mass is 19.4. The topological polar surface area (TPSA) is 74.7 Å². The molecule has 174 valence electrons. The third kappa shape index (κ3) is 3.11. The van der Waals surface area contributed by atoms with Gasteiger partial charge in [0.25, 0.3) is 0 Å². The number of hydrogen-bond acceptors (Lipinski definition) is 5. The molecular weight excluding hydrogens is 445 g/mol. The van der Waals surface area contributed by atoms with Gasteiger partial charge in [-0.3, -0.25) is 0 Å². The molecule has 2 aromatic heterocycles. The minimum Gasteiger partial charge on any atom is -0.398 e. The van der Waals surface area contributed by atoms with Crippen molar-refractivity contribution in [2.45, 2.75) is 43.4 Å². The Morgan fingerprint density at radius 1 is 1.06 bits per heavy atom. The van der Waals surface area contributed by atoms with Gasteiger partial charge in [0.1, 0.15) is 0 Å². The Hall–Kier alpha value is -3.43. The number of aromatic nitrogens is 3. The number of hydrogen-bond donors (Lipinski definition) is 1. The molecule has 2 aromatic carbocycles. The summed E-state index contributed by atoms with van der Waals surface area (Å²) >= 11 is 0. The fourth-order valence-electron chi connectivity index (χ4n) is 5.06.